The fourth-order valence-electron chi connectivity index (χ4n) is 2.74. The molecule has 0 heterocycles. The topological polar surface area (TPSA) is 118 Å². The van der Waals surface area contributed by atoms with Crippen molar-refractivity contribution < 1.29 is 28.7 Å². The van der Waals surface area contributed by atoms with Crippen LogP contribution in [0.25, 0.3) is 0 Å². The monoisotopic (exact) mass is 413 g/mol. The first-order valence-electron chi connectivity index (χ1n) is 9.74. The summed E-state index contributed by atoms with van der Waals surface area (Å²) < 4.78 is 22.1. The molecule has 0 atom stereocenters. The zero-order valence-corrected chi connectivity index (χ0v) is 17.8. The largest absolute Gasteiger partial charge is 0.412 e. The second kappa shape index (κ2) is 15.0. The summed E-state index contributed by atoms with van der Waals surface area (Å²) in [6, 6.07) is 0. The zero-order valence-electron chi connectivity index (χ0n) is 16.0. The summed E-state index contributed by atoms with van der Waals surface area (Å²) in [5, 5.41) is 0. The highest BCUT2D eigenvalue weighted by atomic mass is 31.3. The highest BCUT2D eigenvalue weighted by Gasteiger charge is 2.38. The number of hydrogen-bond acceptors (Lipinski definition) is 2. The lowest BCUT2D eigenvalue weighted by atomic mass is 10.1. The molecule has 0 spiro atoms. The number of nitrogens with zero attached hydrogens (tertiary/aromatic N) is 1. The summed E-state index contributed by atoms with van der Waals surface area (Å²) in [5.41, 5.74) is 0. The van der Waals surface area contributed by atoms with Gasteiger partial charge >= 0.3 is 15.5 Å². The van der Waals surface area contributed by atoms with Crippen LogP contribution in [0.1, 0.15) is 90.4 Å². The van der Waals surface area contributed by atoms with E-state index in [1.807, 2.05) is 0 Å². The molecule has 0 aliphatic heterocycles. The predicted octanol–water partition coefficient (Wildman–Crippen LogP) is 5.12. The molecular weight excluding hydrogens is 376 g/mol. The predicted molar refractivity (Wildman–Crippen MR) is 106 cm³/mol. The van der Waals surface area contributed by atoms with Crippen LogP contribution in [0.4, 0.5) is 0 Å². The fourth-order valence-corrected chi connectivity index (χ4v) is 4.75. The van der Waals surface area contributed by atoms with E-state index in [4.69, 9.17) is 19.6 Å². The van der Waals surface area contributed by atoms with Gasteiger partial charge in [-0.1, -0.05) is 70.4 Å². The van der Waals surface area contributed by atoms with Crippen molar-refractivity contribution in [1.82, 2.24) is 4.44 Å². The summed E-state index contributed by atoms with van der Waals surface area (Å²) in [5.74, 6) is 0. The maximum Gasteiger partial charge on any atom is 0.412 e. The molecule has 0 fully saturated rings. The van der Waals surface area contributed by atoms with Crippen molar-refractivity contribution >= 4 is 15.5 Å². The van der Waals surface area contributed by atoms with E-state index in [-0.39, 0.29) is 11.0 Å². The smallest absolute Gasteiger partial charge is 0.312 e. The number of unbranched alkanes of at least 4 members (excludes halogenated alkanes) is 11. The third-order valence-electron chi connectivity index (χ3n) is 4.22. The molecule has 156 valence electrons. The van der Waals surface area contributed by atoms with Crippen molar-refractivity contribution in [2.45, 2.75) is 90.4 Å². The molecule has 0 unspecified atom stereocenters. The first-order valence-corrected chi connectivity index (χ1v) is 12.9. The Kier molecular flexibility index (Phi) is 15.0. The summed E-state index contributed by atoms with van der Waals surface area (Å²) in [6.07, 6.45) is 18.5. The van der Waals surface area contributed by atoms with Gasteiger partial charge < -0.3 is 19.6 Å². The first-order chi connectivity index (χ1) is 12.2. The molecule has 0 aromatic rings. The van der Waals surface area contributed by atoms with Crippen LogP contribution in [0.5, 0.6) is 0 Å². The Hall–Kier alpha value is -0.0000000000000000416. The van der Waals surface area contributed by atoms with Crippen LogP contribution < -0.4 is 0 Å². The molecule has 7 nitrogen and oxygen atoms in total. The van der Waals surface area contributed by atoms with Crippen molar-refractivity contribution in [2.75, 3.05) is 6.54 Å². The number of rotatable bonds is 17. The van der Waals surface area contributed by atoms with Crippen LogP contribution in [0.2, 0.25) is 0 Å². The summed E-state index contributed by atoms with van der Waals surface area (Å²) in [7, 11) is -9.85. The van der Waals surface area contributed by atoms with Crippen LogP contribution in [0.3, 0.4) is 0 Å². The lowest BCUT2D eigenvalue weighted by Gasteiger charge is -2.23. The second-order valence-corrected chi connectivity index (χ2v) is 10.0. The fraction of sp³-hybridized carbons (Fsp3) is 0.882. The first kappa shape index (κ1) is 26.0. The highest BCUT2D eigenvalue weighted by Crippen LogP contribution is 2.57. The van der Waals surface area contributed by atoms with Gasteiger partial charge in [-0.25, -0.2) is 9.13 Å². The summed E-state index contributed by atoms with van der Waals surface area (Å²) >= 11 is 0. The van der Waals surface area contributed by atoms with E-state index < -0.39 is 15.5 Å². The molecule has 0 aromatic heterocycles. The van der Waals surface area contributed by atoms with Gasteiger partial charge in [0.15, 0.2) is 0 Å². The molecule has 0 radical (unpaired) electrons. The van der Waals surface area contributed by atoms with Crippen LogP contribution in [0, 0.1) is 0 Å². The van der Waals surface area contributed by atoms with Gasteiger partial charge in [-0.3, -0.25) is 0 Å². The molecule has 26 heavy (non-hydrogen) atoms. The van der Waals surface area contributed by atoms with Crippen LogP contribution in [0.15, 0.2) is 12.2 Å². The van der Waals surface area contributed by atoms with Crippen molar-refractivity contribution in [1.29, 1.82) is 0 Å². The van der Waals surface area contributed by atoms with Crippen LogP contribution in [-0.2, 0) is 9.13 Å². The van der Waals surface area contributed by atoms with Gasteiger partial charge in [0, 0.05) is 6.54 Å². The minimum atomic E-state index is -4.92. The highest BCUT2D eigenvalue weighted by molar-refractivity contribution is 7.65. The average Bonchev–Trinajstić information content (AvgIpc) is 2.52. The minimum absolute atomic E-state index is 0.00894. The normalized spacial score (nSPS) is 13.2. The maximum absolute atomic E-state index is 11.1. The lowest BCUT2D eigenvalue weighted by molar-refractivity contribution is 0.266. The Morgan fingerprint density at radius 3 is 1.46 bits per heavy atom. The van der Waals surface area contributed by atoms with Crippen molar-refractivity contribution in [3.05, 3.63) is 12.2 Å². The zero-order chi connectivity index (χ0) is 19.9. The van der Waals surface area contributed by atoms with Gasteiger partial charge in [-0.15, -0.1) is 4.44 Å². The Morgan fingerprint density at radius 2 is 1.04 bits per heavy atom. The van der Waals surface area contributed by atoms with E-state index in [9.17, 15) is 9.13 Å². The molecule has 0 aliphatic carbocycles. The average molecular weight is 413 g/mol. The van der Waals surface area contributed by atoms with Gasteiger partial charge in [0.2, 0.25) is 0 Å². The third-order valence-corrected chi connectivity index (χ3v) is 7.22. The van der Waals surface area contributed by atoms with Crippen molar-refractivity contribution in [3.8, 4) is 0 Å². The van der Waals surface area contributed by atoms with Crippen molar-refractivity contribution in [2.24, 2.45) is 0 Å². The Bertz CT molecular complexity index is 438. The molecular formula is C17H37NO6P2. The van der Waals surface area contributed by atoms with Gasteiger partial charge in [-0.2, -0.15) is 0 Å². The molecule has 4 N–H and O–H groups in total. The molecule has 0 saturated carbocycles. The molecule has 0 aliphatic rings. The Balaban J connectivity index is 3.57. The maximum atomic E-state index is 11.1. The van der Waals surface area contributed by atoms with Gasteiger partial charge in [0.25, 0.3) is 0 Å². The molecule has 9 heteroatoms. The van der Waals surface area contributed by atoms with Crippen molar-refractivity contribution in [3.63, 3.8) is 0 Å². The Labute approximate surface area is 158 Å². The quantitative estimate of drug-likeness (QED) is 0.148. The molecule has 0 rings (SSSR count). The summed E-state index contributed by atoms with van der Waals surface area (Å²) in [4.78, 5) is 35.9. The van der Waals surface area contributed by atoms with Crippen LogP contribution >= 0.6 is 15.5 Å². The second-order valence-electron chi connectivity index (χ2n) is 6.71. The molecule has 0 bridgehead atoms. The molecule has 0 amide bonds. The lowest BCUT2D eigenvalue weighted by Crippen LogP contribution is -2.18. The van der Waals surface area contributed by atoms with Gasteiger partial charge in [0.05, 0.1) is 0 Å². The van der Waals surface area contributed by atoms with Crippen LogP contribution in [-0.4, -0.2) is 30.6 Å². The minimum Gasteiger partial charge on any atom is -0.312 e. The van der Waals surface area contributed by atoms with E-state index in [0.29, 0.717) is 12.8 Å². The van der Waals surface area contributed by atoms with E-state index in [0.717, 1.165) is 32.1 Å². The third kappa shape index (κ3) is 15.1. The molecule has 0 aromatic carbocycles. The van der Waals surface area contributed by atoms with E-state index in [2.05, 4.69) is 19.1 Å². The number of allylic oxidation sites excluding steroid dienone is 2. The van der Waals surface area contributed by atoms with E-state index >= 15 is 0 Å². The van der Waals surface area contributed by atoms with Gasteiger partial charge in [0.1, 0.15) is 0 Å². The Morgan fingerprint density at radius 1 is 0.654 bits per heavy atom. The molecule has 0 saturated heterocycles. The SMILES string of the molecule is CCCCCCCC/C=C\CCCCCCCN(P(=O)(O)O)P(=O)(O)O. The van der Waals surface area contributed by atoms with Gasteiger partial charge in [-0.05, 0) is 32.1 Å². The van der Waals surface area contributed by atoms with E-state index in [1.165, 1.54) is 38.5 Å². The van der Waals surface area contributed by atoms with E-state index in [1.54, 1.807) is 0 Å². The number of hydrogen-bond donors (Lipinski definition) is 4. The summed E-state index contributed by atoms with van der Waals surface area (Å²) in [6.45, 7) is 1.93. The standard InChI is InChI=1S/C17H37NO6P2/c1-2-3-4-5-6-7-8-9-10-11-12-13-14-15-16-17-18(25(19,20)21)26(22,23)24/h9-10H,2-8,11-17H2,1H3,(H2,19,20,21)(H2,22,23,24)/b10-9-.